The normalized spacial score (nSPS) is 25.7. The summed E-state index contributed by atoms with van der Waals surface area (Å²) in [6, 6.07) is 23.4. The summed E-state index contributed by atoms with van der Waals surface area (Å²) < 4.78 is 32.4. The fourth-order valence-electron chi connectivity index (χ4n) is 9.83. The molecule has 2 aliphatic heterocycles. The SMILES string of the molecule is C=CCO[C@@]12Oc3ccc(OCCSc4ccccc4)cc3[C@H]3[C@H](CCCCO)[C@@H](CCCCO)C=C(C(=NOC4CCCCO4)C[C@@H]1N(C)C(=O)Cc1cccc(OC)c1)[C@H]32. The number of methoxy groups -OCH3 is 1. The van der Waals surface area contributed by atoms with Crippen LogP contribution in [0.2, 0.25) is 0 Å². The second-order valence-electron chi connectivity index (χ2n) is 16.7. The van der Waals surface area contributed by atoms with Crippen molar-refractivity contribution in [2.45, 2.75) is 99.6 Å². The van der Waals surface area contributed by atoms with Gasteiger partial charge in [0.1, 0.15) is 23.3 Å². The van der Waals surface area contributed by atoms with Crippen molar-refractivity contribution in [1.82, 2.24) is 4.90 Å². The fraction of sp³-hybridized carbons (Fsp3) is 0.520. The first-order valence-electron chi connectivity index (χ1n) is 22.4. The molecule has 2 heterocycles. The third-order valence-corrected chi connectivity index (χ3v) is 13.8. The highest BCUT2D eigenvalue weighted by molar-refractivity contribution is 7.99. The molecule has 1 amide bonds. The van der Waals surface area contributed by atoms with Crippen LogP contribution < -0.4 is 14.2 Å². The van der Waals surface area contributed by atoms with E-state index in [1.54, 1.807) is 29.8 Å². The zero-order valence-corrected chi connectivity index (χ0v) is 37.1. The van der Waals surface area contributed by atoms with Crippen molar-refractivity contribution in [3.05, 3.63) is 108 Å². The Bertz CT molecular complexity index is 1990. The van der Waals surface area contributed by atoms with Crippen molar-refractivity contribution in [2.75, 3.05) is 52.9 Å². The number of allylic oxidation sites excluding steroid dienone is 1. The number of fused-ring (bicyclic) bond motifs is 2. The van der Waals surface area contributed by atoms with Gasteiger partial charge in [0.05, 0.1) is 45.0 Å². The van der Waals surface area contributed by atoms with Crippen molar-refractivity contribution >= 4 is 23.4 Å². The number of carbonyl (C=O) groups is 1. The second-order valence-corrected chi connectivity index (χ2v) is 17.9. The maximum absolute atomic E-state index is 14.6. The molecule has 12 heteroatoms. The van der Waals surface area contributed by atoms with E-state index < -0.39 is 24.0 Å². The van der Waals surface area contributed by atoms with Gasteiger partial charge in [0.15, 0.2) is 0 Å². The van der Waals surface area contributed by atoms with Crippen LogP contribution in [0.3, 0.4) is 0 Å². The van der Waals surface area contributed by atoms with Crippen molar-refractivity contribution in [3.8, 4) is 17.2 Å². The minimum Gasteiger partial charge on any atom is -0.497 e. The Kier molecular flexibility index (Phi) is 16.5. The fourth-order valence-corrected chi connectivity index (χ4v) is 10.6. The van der Waals surface area contributed by atoms with Crippen LogP contribution in [0.25, 0.3) is 0 Å². The van der Waals surface area contributed by atoms with E-state index >= 15 is 0 Å². The summed E-state index contributed by atoms with van der Waals surface area (Å²) in [6.45, 7) is 5.62. The lowest BCUT2D eigenvalue weighted by molar-refractivity contribution is -0.255. The Morgan fingerprint density at radius 1 is 1.00 bits per heavy atom. The number of amides is 1. The predicted octanol–water partition coefficient (Wildman–Crippen LogP) is 8.73. The summed E-state index contributed by atoms with van der Waals surface area (Å²) in [6.07, 6.45) is 11.6. The molecule has 2 N–H and O–H groups in total. The number of hydrogen-bond acceptors (Lipinski definition) is 11. The van der Waals surface area contributed by atoms with Crippen molar-refractivity contribution < 1.29 is 43.5 Å². The second kappa shape index (κ2) is 22.3. The molecule has 2 aliphatic carbocycles. The highest BCUT2D eigenvalue weighted by Crippen LogP contribution is 2.62. The number of thioether (sulfide) groups is 1. The van der Waals surface area contributed by atoms with Gasteiger partial charge in [0.2, 0.25) is 18.0 Å². The lowest BCUT2D eigenvalue weighted by atomic mass is 9.55. The quantitative estimate of drug-likeness (QED) is 0.0438. The van der Waals surface area contributed by atoms with E-state index in [9.17, 15) is 15.0 Å². The van der Waals surface area contributed by atoms with Crippen LogP contribution in [0.4, 0.5) is 0 Å². The minimum absolute atomic E-state index is 0.103. The van der Waals surface area contributed by atoms with Gasteiger partial charge < -0.3 is 43.6 Å². The van der Waals surface area contributed by atoms with Gasteiger partial charge in [-0.15, -0.1) is 18.3 Å². The number of ether oxygens (including phenoxy) is 5. The van der Waals surface area contributed by atoms with Gasteiger partial charge in [0.25, 0.3) is 0 Å². The largest absolute Gasteiger partial charge is 0.497 e. The number of rotatable bonds is 22. The zero-order chi connectivity index (χ0) is 43.3. The van der Waals surface area contributed by atoms with Gasteiger partial charge in [-0.2, -0.15) is 0 Å². The molecule has 7 atom stereocenters. The monoisotopic (exact) mass is 868 g/mol. The molecule has 3 aromatic rings. The first kappa shape index (κ1) is 45.7. The van der Waals surface area contributed by atoms with E-state index in [0.717, 1.165) is 78.9 Å². The van der Waals surface area contributed by atoms with Crippen molar-refractivity contribution in [2.24, 2.45) is 22.9 Å². The lowest BCUT2D eigenvalue weighted by Crippen LogP contribution is -2.69. The number of hydrogen-bond donors (Lipinski definition) is 2. The van der Waals surface area contributed by atoms with Gasteiger partial charge >= 0.3 is 0 Å². The van der Waals surface area contributed by atoms with Crippen LogP contribution >= 0.6 is 11.8 Å². The topological polar surface area (TPSA) is 129 Å². The number of nitrogens with zero attached hydrogens (tertiary/aromatic N) is 2. The van der Waals surface area contributed by atoms with Gasteiger partial charge in [-0.3, -0.25) is 4.79 Å². The highest BCUT2D eigenvalue weighted by atomic mass is 32.2. The molecule has 1 saturated heterocycles. The van der Waals surface area contributed by atoms with Crippen LogP contribution in [0.15, 0.2) is 107 Å². The number of aliphatic hydroxyl groups excluding tert-OH is 2. The van der Waals surface area contributed by atoms with Crippen LogP contribution in [-0.2, 0) is 25.5 Å². The molecule has 2 fully saturated rings. The van der Waals surface area contributed by atoms with E-state index in [2.05, 4.69) is 30.9 Å². The van der Waals surface area contributed by atoms with E-state index in [4.69, 9.17) is 33.7 Å². The highest BCUT2D eigenvalue weighted by Gasteiger charge is 2.65. The molecule has 7 rings (SSSR count). The van der Waals surface area contributed by atoms with Crippen molar-refractivity contribution in [1.29, 1.82) is 0 Å². The van der Waals surface area contributed by atoms with Crippen LogP contribution in [-0.4, -0.2) is 97.8 Å². The molecular formula is C50H64N2O9S. The van der Waals surface area contributed by atoms with Gasteiger partial charge in [-0.05, 0) is 104 Å². The number of oxime groups is 1. The number of likely N-dealkylation sites (N-methyl/N-ethyl adjacent to an activating group) is 1. The molecule has 0 spiro atoms. The first-order valence-corrected chi connectivity index (χ1v) is 23.4. The van der Waals surface area contributed by atoms with Crippen molar-refractivity contribution in [3.63, 3.8) is 0 Å². The van der Waals surface area contributed by atoms with E-state index in [-0.39, 0.29) is 49.9 Å². The van der Waals surface area contributed by atoms with Gasteiger partial charge in [0, 0.05) is 55.2 Å². The maximum Gasteiger partial charge on any atom is 0.239 e. The smallest absolute Gasteiger partial charge is 0.239 e. The standard InChI is InChI=1S/C50H64N2O9S/c1-4-26-59-50-45(52(2)46(55)31-35-15-14-17-37(30-35)56-3)34-43(51-61-47-21-10-13-27-58-47)41-32-36(16-8-11-24-53)40(20-9-12-25-54)48(49(41)50)42-33-38(22-23-44(42)60-50)57-28-29-62-39-18-6-5-7-19-39/h4-7,14-15,17-19,22-23,30,32-33,36,40,45,47-49,53-54H,1,8-13,16,20-21,24-29,31,34H2,2-3H3/t36-,40+,45-,47?,48+,49+,50+/m0/s1. The molecular weight excluding hydrogens is 805 g/mol. The number of aliphatic hydroxyl groups is 2. The van der Waals surface area contributed by atoms with E-state index in [1.807, 2.05) is 61.6 Å². The van der Waals surface area contributed by atoms with E-state index in [0.29, 0.717) is 44.0 Å². The van der Waals surface area contributed by atoms with Gasteiger partial charge in [-0.1, -0.05) is 60.5 Å². The summed E-state index contributed by atoms with van der Waals surface area (Å²) in [7, 11) is 3.46. The van der Waals surface area contributed by atoms with Crippen LogP contribution in [0, 0.1) is 17.8 Å². The third-order valence-electron chi connectivity index (χ3n) is 12.8. The molecule has 0 aromatic heterocycles. The Hall–Kier alpha value is -4.33. The van der Waals surface area contributed by atoms with E-state index in [1.165, 1.54) is 4.90 Å². The Balaban J connectivity index is 1.34. The summed E-state index contributed by atoms with van der Waals surface area (Å²) >= 11 is 1.76. The first-order chi connectivity index (χ1) is 30.4. The summed E-state index contributed by atoms with van der Waals surface area (Å²) in [5, 5.41) is 24.8. The molecule has 3 aromatic carbocycles. The Labute approximate surface area is 371 Å². The summed E-state index contributed by atoms with van der Waals surface area (Å²) in [5.41, 5.74) is 3.59. The molecule has 1 saturated carbocycles. The number of carbonyl (C=O) groups excluding carboxylic acids is 1. The molecule has 11 nitrogen and oxygen atoms in total. The lowest BCUT2D eigenvalue weighted by Gasteiger charge is -2.59. The molecule has 334 valence electrons. The predicted molar refractivity (Wildman–Crippen MR) is 242 cm³/mol. The molecule has 1 unspecified atom stereocenters. The average Bonchev–Trinajstić information content (AvgIpc) is 3.30. The molecule has 0 radical (unpaired) electrons. The number of unbranched alkanes of at least 4 members (excludes halogenated alkanes) is 2. The summed E-state index contributed by atoms with van der Waals surface area (Å²) in [5.74, 6) is 1.14. The molecule has 62 heavy (non-hydrogen) atoms. The van der Waals surface area contributed by atoms with Crippen LogP contribution in [0.1, 0.15) is 81.3 Å². The number of benzene rings is 3. The third kappa shape index (κ3) is 10.7. The van der Waals surface area contributed by atoms with Crippen LogP contribution in [0.5, 0.6) is 17.2 Å². The average molecular weight is 869 g/mol. The maximum atomic E-state index is 14.6. The Morgan fingerprint density at radius 3 is 2.58 bits per heavy atom. The van der Waals surface area contributed by atoms with Gasteiger partial charge in [-0.25, -0.2) is 0 Å². The molecule has 4 aliphatic rings. The zero-order valence-electron chi connectivity index (χ0n) is 36.3. The molecule has 0 bridgehead atoms. The summed E-state index contributed by atoms with van der Waals surface area (Å²) in [4.78, 5) is 23.8. The minimum atomic E-state index is -1.34. The Morgan fingerprint density at radius 2 is 1.82 bits per heavy atom.